The summed E-state index contributed by atoms with van der Waals surface area (Å²) >= 11 is 3.33. The molecule has 0 radical (unpaired) electrons. The lowest BCUT2D eigenvalue weighted by molar-refractivity contribution is -0.107. The van der Waals surface area contributed by atoms with Crippen LogP contribution < -0.4 is 0 Å². The summed E-state index contributed by atoms with van der Waals surface area (Å²) < 4.78 is 20.9. The van der Waals surface area contributed by atoms with E-state index in [-0.39, 0.29) is 5.88 Å². The molecule has 0 bridgehead atoms. The van der Waals surface area contributed by atoms with Gasteiger partial charge in [-0.05, 0) is 12.8 Å². The van der Waals surface area contributed by atoms with Crippen LogP contribution in [0.5, 0.6) is 0 Å². The Balaban J connectivity index is 3.44. The standard InChI is InChI=1S/C7H13ClO3S/c8-6-7(12(10)11)4-2-1-3-5-9/h5,7H,1-4,6H2,(H,10,11)/p-1. The van der Waals surface area contributed by atoms with Crippen LogP contribution >= 0.6 is 11.6 Å². The average Bonchev–Trinajstić information content (AvgIpc) is 2.04. The lowest BCUT2D eigenvalue weighted by Crippen LogP contribution is -2.16. The monoisotopic (exact) mass is 211 g/mol. The highest BCUT2D eigenvalue weighted by Crippen LogP contribution is 2.08. The number of hydrogen-bond donors (Lipinski definition) is 0. The Morgan fingerprint density at radius 1 is 1.50 bits per heavy atom. The highest BCUT2D eigenvalue weighted by atomic mass is 35.5. The molecule has 5 heteroatoms. The SMILES string of the molecule is O=CCCCCC(CCl)S(=O)[O-]. The van der Waals surface area contributed by atoms with Crippen LogP contribution in [0.25, 0.3) is 0 Å². The number of aldehydes is 1. The van der Waals surface area contributed by atoms with Gasteiger partial charge in [0, 0.05) is 17.6 Å². The molecule has 12 heavy (non-hydrogen) atoms. The van der Waals surface area contributed by atoms with E-state index in [4.69, 9.17) is 11.6 Å². The molecule has 3 nitrogen and oxygen atoms in total. The fraction of sp³-hybridized carbons (Fsp3) is 0.857. The van der Waals surface area contributed by atoms with Gasteiger partial charge in [-0.1, -0.05) is 17.5 Å². The molecule has 0 heterocycles. The summed E-state index contributed by atoms with van der Waals surface area (Å²) in [4.78, 5) is 9.91. The molecule has 0 N–H and O–H groups in total. The molecule has 0 saturated carbocycles. The molecule has 0 aliphatic heterocycles. The number of alkyl halides is 1. The van der Waals surface area contributed by atoms with Crippen LogP contribution in [0.3, 0.4) is 0 Å². The van der Waals surface area contributed by atoms with E-state index >= 15 is 0 Å². The number of halogens is 1. The second-order valence-corrected chi connectivity index (χ2v) is 3.98. The molecule has 2 unspecified atom stereocenters. The van der Waals surface area contributed by atoms with Crippen molar-refractivity contribution in [2.45, 2.75) is 30.9 Å². The molecule has 0 amide bonds. The third kappa shape index (κ3) is 5.69. The molecule has 0 aromatic heterocycles. The van der Waals surface area contributed by atoms with Gasteiger partial charge in [-0.25, -0.2) is 0 Å². The first kappa shape index (κ1) is 12.1. The zero-order valence-corrected chi connectivity index (χ0v) is 8.27. The van der Waals surface area contributed by atoms with E-state index in [1.54, 1.807) is 0 Å². The van der Waals surface area contributed by atoms with Crippen molar-refractivity contribution in [3.05, 3.63) is 0 Å². The Morgan fingerprint density at radius 2 is 2.17 bits per heavy atom. The lowest BCUT2D eigenvalue weighted by atomic mass is 10.2. The van der Waals surface area contributed by atoms with E-state index in [1.165, 1.54) is 0 Å². The zero-order chi connectivity index (χ0) is 9.40. The van der Waals surface area contributed by atoms with E-state index in [0.29, 0.717) is 12.8 Å². The van der Waals surface area contributed by atoms with E-state index in [1.807, 2.05) is 0 Å². The maximum atomic E-state index is 10.4. The van der Waals surface area contributed by atoms with Crippen molar-refractivity contribution >= 4 is 29.0 Å². The Kier molecular flexibility index (Phi) is 7.75. The van der Waals surface area contributed by atoms with Gasteiger partial charge in [0.05, 0.1) is 0 Å². The summed E-state index contributed by atoms with van der Waals surface area (Å²) in [5.74, 6) is 0.136. The van der Waals surface area contributed by atoms with Gasteiger partial charge in [0.1, 0.15) is 6.29 Å². The third-order valence-corrected chi connectivity index (χ3v) is 3.04. The van der Waals surface area contributed by atoms with Crippen LogP contribution in [-0.2, 0) is 15.9 Å². The number of carbonyl (C=O) groups is 1. The molecular weight excluding hydrogens is 200 g/mol. The molecule has 0 aromatic carbocycles. The first-order valence-corrected chi connectivity index (χ1v) is 5.47. The predicted molar refractivity (Wildman–Crippen MR) is 48.0 cm³/mol. The number of rotatable bonds is 7. The molecule has 72 valence electrons. The van der Waals surface area contributed by atoms with Crippen LogP contribution in [0.15, 0.2) is 0 Å². The fourth-order valence-electron chi connectivity index (χ4n) is 0.824. The summed E-state index contributed by atoms with van der Waals surface area (Å²) in [5.41, 5.74) is 0. The second kappa shape index (κ2) is 7.71. The third-order valence-electron chi connectivity index (χ3n) is 1.54. The Morgan fingerprint density at radius 3 is 2.58 bits per heavy atom. The van der Waals surface area contributed by atoms with E-state index < -0.39 is 16.3 Å². The Hall–Kier alpha value is 0.0700. The van der Waals surface area contributed by atoms with Gasteiger partial charge in [-0.3, -0.25) is 4.21 Å². The molecule has 0 saturated heterocycles. The van der Waals surface area contributed by atoms with Crippen molar-refractivity contribution in [3.8, 4) is 0 Å². The minimum atomic E-state index is -2.08. The Labute approximate surface area is 79.8 Å². The maximum Gasteiger partial charge on any atom is 0.119 e. The molecule has 0 rings (SSSR count). The summed E-state index contributed by atoms with van der Waals surface area (Å²) in [6, 6.07) is 0. The summed E-state index contributed by atoms with van der Waals surface area (Å²) in [5, 5.41) is -0.460. The van der Waals surface area contributed by atoms with E-state index in [0.717, 1.165) is 19.1 Å². The average molecular weight is 212 g/mol. The van der Waals surface area contributed by atoms with Crippen molar-refractivity contribution in [2.24, 2.45) is 0 Å². The van der Waals surface area contributed by atoms with Crippen LogP contribution in [0, 0.1) is 0 Å². The van der Waals surface area contributed by atoms with Crippen molar-refractivity contribution in [2.75, 3.05) is 5.88 Å². The number of carbonyl (C=O) groups excluding carboxylic acids is 1. The summed E-state index contributed by atoms with van der Waals surface area (Å²) in [6.07, 6.45) is 3.37. The van der Waals surface area contributed by atoms with E-state index in [2.05, 4.69) is 0 Å². The molecular formula is C7H12ClO3S-. The fourth-order valence-corrected chi connectivity index (χ4v) is 1.75. The predicted octanol–water partition coefficient (Wildman–Crippen LogP) is 1.23. The topological polar surface area (TPSA) is 57.2 Å². The first-order chi connectivity index (χ1) is 5.72. The van der Waals surface area contributed by atoms with Crippen LogP contribution in [0.1, 0.15) is 25.7 Å². The first-order valence-electron chi connectivity index (χ1n) is 3.80. The highest BCUT2D eigenvalue weighted by Gasteiger charge is 2.06. The molecule has 0 aliphatic carbocycles. The summed E-state index contributed by atoms with van der Waals surface area (Å²) in [7, 11) is 0. The van der Waals surface area contributed by atoms with Crippen LogP contribution in [0.4, 0.5) is 0 Å². The van der Waals surface area contributed by atoms with Gasteiger partial charge in [0.15, 0.2) is 0 Å². The molecule has 0 spiro atoms. The minimum Gasteiger partial charge on any atom is -0.772 e. The van der Waals surface area contributed by atoms with Gasteiger partial charge >= 0.3 is 0 Å². The van der Waals surface area contributed by atoms with Crippen molar-refractivity contribution in [1.29, 1.82) is 0 Å². The summed E-state index contributed by atoms with van der Waals surface area (Å²) in [6.45, 7) is 0. The largest absolute Gasteiger partial charge is 0.772 e. The van der Waals surface area contributed by atoms with Gasteiger partial charge in [0.2, 0.25) is 0 Å². The maximum absolute atomic E-state index is 10.4. The smallest absolute Gasteiger partial charge is 0.119 e. The highest BCUT2D eigenvalue weighted by molar-refractivity contribution is 7.79. The molecule has 0 aromatic rings. The zero-order valence-electron chi connectivity index (χ0n) is 6.70. The van der Waals surface area contributed by atoms with Gasteiger partial charge < -0.3 is 9.35 Å². The molecule has 0 aliphatic rings. The quantitative estimate of drug-likeness (QED) is 0.276. The van der Waals surface area contributed by atoms with Crippen LogP contribution in [0.2, 0.25) is 0 Å². The van der Waals surface area contributed by atoms with Gasteiger partial charge in [-0.2, -0.15) is 0 Å². The number of unbranched alkanes of at least 4 members (excludes halogenated alkanes) is 2. The van der Waals surface area contributed by atoms with Crippen molar-refractivity contribution < 1.29 is 13.6 Å². The lowest BCUT2D eigenvalue weighted by Gasteiger charge is -2.15. The normalized spacial score (nSPS) is 15.5. The number of hydrogen-bond acceptors (Lipinski definition) is 3. The van der Waals surface area contributed by atoms with E-state index in [9.17, 15) is 13.6 Å². The minimum absolute atomic E-state index is 0.136. The molecule has 0 fully saturated rings. The van der Waals surface area contributed by atoms with Crippen molar-refractivity contribution in [1.82, 2.24) is 0 Å². The van der Waals surface area contributed by atoms with Crippen LogP contribution in [-0.4, -0.2) is 26.2 Å². The molecule has 2 atom stereocenters. The second-order valence-electron chi connectivity index (χ2n) is 2.49. The van der Waals surface area contributed by atoms with Crippen molar-refractivity contribution in [3.63, 3.8) is 0 Å². The Bertz CT molecular complexity index is 152. The van der Waals surface area contributed by atoms with Gasteiger partial charge in [-0.15, -0.1) is 11.6 Å². The van der Waals surface area contributed by atoms with Gasteiger partial charge in [0.25, 0.3) is 0 Å².